The predicted molar refractivity (Wildman–Crippen MR) is 171 cm³/mol. The number of carbonyl (C=O) groups is 2. The number of nitrogens with one attached hydrogen (secondary N) is 2. The number of rotatable bonds is 10. The highest BCUT2D eigenvalue weighted by Gasteiger charge is 2.31. The summed E-state index contributed by atoms with van der Waals surface area (Å²) in [6, 6.07) is 10.9. The largest absolute Gasteiger partial charge is 0.481 e. The topological polar surface area (TPSA) is 129 Å². The van der Waals surface area contributed by atoms with E-state index in [0.29, 0.717) is 49.0 Å². The molecule has 2 N–H and O–H groups in total. The summed E-state index contributed by atoms with van der Waals surface area (Å²) in [5.74, 6) is 0.783. The average molecular weight is 617 g/mol. The van der Waals surface area contributed by atoms with Crippen molar-refractivity contribution in [3.05, 3.63) is 89.4 Å². The van der Waals surface area contributed by atoms with Crippen LogP contribution in [0.2, 0.25) is 0 Å². The Morgan fingerprint density at radius 3 is 2.57 bits per heavy atom. The molecule has 2 aromatic heterocycles. The number of hydrogen-bond acceptors (Lipinski definition) is 8. The molecule has 1 saturated heterocycles. The molecular formula is C33H40N6O4S. The standard InChI is InChI=1S/C33H40N6O4S/c1-6-31(40)39-15-14-38(19-23(39)4)20-29(27-12-11-25(18-36-27)24-9-10-24)43-28-16-22(3)26(17-30(28)44(5,34)42)33(41)37-32-21(2)8-7-13-35-32/h6-8,11-13,16-18,23-24,29,34H,1,9-10,14-15,19-20H2,2-5H3,(H,35,37,41)/t23-,29-,44?/m1/s1. The number of carbonyl (C=O) groups excluding carboxylic acids is 2. The van der Waals surface area contributed by atoms with Crippen LogP contribution in [0.15, 0.2) is 66.3 Å². The number of piperazine rings is 1. The molecule has 5 rings (SSSR count). The number of anilines is 1. The van der Waals surface area contributed by atoms with E-state index in [1.54, 1.807) is 25.3 Å². The quantitative estimate of drug-likeness (QED) is 0.304. The van der Waals surface area contributed by atoms with Crippen LogP contribution >= 0.6 is 0 Å². The number of amides is 2. The molecule has 1 saturated carbocycles. The van der Waals surface area contributed by atoms with E-state index in [1.807, 2.05) is 37.1 Å². The van der Waals surface area contributed by atoms with E-state index in [2.05, 4.69) is 27.8 Å². The van der Waals surface area contributed by atoms with Gasteiger partial charge >= 0.3 is 0 Å². The Bertz CT molecular complexity index is 1670. The van der Waals surface area contributed by atoms with Gasteiger partial charge in [-0.2, -0.15) is 0 Å². The maximum atomic E-state index is 13.3. The lowest BCUT2D eigenvalue weighted by Gasteiger charge is -2.40. The molecule has 1 aliphatic carbocycles. The number of hydrogen-bond donors (Lipinski definition) is 2. The predicted octanol–water partition coefficient (Wildman–Crippen LogP) is 5.10. The molecule has 0 spiro atoms. The molecule has 2 amide bonds. The lowest BCUT2D eigenvalue weighted by Crippen LogP contribution is -2.54. The van der Waals surface area contributed by atoms with Crippen LogP contribution in [0.5, 0.6) is 5.75 Å². The summed E-state index contributed by atoms with van der Waals surface area (Å²) in [6.07, 6.45) is 7.96. The van der Waals surface area contributed by atoms with Crippen LogP contribution in [0.25, 0.3) is 0 Å². The van der Waals surface area contributed by atoms with Gasteiger partial charge in [0.25, 0.3) is 5.91 Å². The Balaban J connectivity index is 1.45. The Kier molecular flexibility index (Phi) is 9.17. The number of aromatic nitrogens is 2. The molecule has 2 aliphatic rings. The van der Waals surface area contributed by atoms with E-state index in [0.717, 1.165) is 11.3 Å². The van der Waals surface area contributed by atoms with Crippen molar-refractivity contribution in [3.63, 3.8) is 0 Å². The van der Waals surface area contributed by atoms with E-state index in [1.165, 1.54) is 36.8 Å². The van der Waals surface area contributed by atoms with Crippen molar-refractivity contribution in [1.29, 1.82) is 4.78 Å². The van der Waals surface area contributed by atoms with Gasteiger partial charge in [-0.05, 0) is 86.6 Å². The molecule has 11 heteroatoms. The van der Waals surface area contributed by atoms with Crippen molar-refractivity contribution < 1.29 is 18.5 Å². The molecule has 0 radical (unpaired) electrons. The van der Waals surface area contributed by atoms with Gasteiger partial charge in [-0.15, -0.1) is 0 Å². The van der Waals surface area contributed by atoms with E-state index in [4.69, 9.17) is 14.5 Å². The van der Waals surface area contributed by atoms with E-state index in [-0.39, 0.29) is 22.6 Å². The van der Waals surface area contributed by atoms with Crippen LogP contribution in [0.3, 0.4) is 0 Å². The van der Waals surface area contributed by atoms with Crippen molar-refractivity contribution >= 4 is 27.4 Å². The molecule has 1 unspecified atom stereocenters. The highest BCUT2D eigenvalue weighted by Crippen LogP contribution is 2.40. The maximum absolute atomic E-state index is 13.3. The third kappa shape index (κ3) is 7.16. The molecular weight excluding hydrogens is 576 g/mol. The van der Waals surface area contributed by atoms with Crippen molar-refractivity contribution in [3.8, 4) is 5.75 Å². The first-order valence-electron chi connectivity index (χ1n) is 14.8. The normalized spacial score (nSPS) is 19.1. The summed E-state index contributed by atoms with van der Waals surface area (Å²) in [6.45, 7) is 11.6. The fraction of sp³-hybridized carbons (Fsp3) is 0.394. The lowest BCUT2D eigenvalue weighted by molar-refractivity contribution is -0.130. The zero-order valence-corrected chi connectivity index (χ0v) is 26.5. The Hall–Kier alpha value is -4.09. The molecule has 3 heterocycles. The maximum Gasteiger partial charge on any atom is 0.257 e. The number of aryl methyl sites for hydroxylation is 2. The van der Waals surface area contributed by atoms with Gasteiger partial charge in [-0.1, -0.05) is 18.7 Å². The molecule has 3 aromatic rings. The van der Waals surface area contributed by atoms with Crippen LogP contribution in [0, 0.1) is 18.6 Å². The zero-order chi connectivity index (χ0) is 31.6. The molecule has 1 aliphatic heterocycles. The van der Waals surface area contributed by atoms with Crippen LogP contribution in [-0.4, -0.2) is 74.3 Å². The smallest absolute Gasteiger partial charge is 0.257 e. The summed E-state index contributed by atoms with van der Waals surface area (Å²) >= 11 is 0. The second-order valence-corrected chi connectivity index (χ2v) is 13.9. The number of pyridine rings is 2. The summed E-state index contributed by atoms with van der Waals surface area (Å²) in [7, 11) is -3.29. The minimum Gasteiger partial charge on any atom is -0.481 e. The molecule has 10 nitrogen and oxygen atoms in total. The summed E-state index contributed by atoms with van der Waals surface area (Å²) in [4.78, 5) is 38.8. The minimum absolute atomic E-state index is 0.0129. The first-order chi connectivity index (χ1) is 20.9. The monoisotopic (exact) mass is 616 g/mol. The van der Waals surface area contributed by atoms with Gasteiger partial charge in [0.1, 0.15) is 11.6 Å². The number of ether oxygens (including phenoxy) is 1. The van der Waals surface area contributed by atoms with Crippen molar-refractivity contribution in [2.75, 3.05) is 37.8 Å². The second kappa shape index (κ2) is 12.9. The number of nitrogens with zero attached hydrogens (tertiary/aromatic N) is 4. The second-order valence-electron chi connectivity index (χ2n) is 11.8. The Labute approximate surface area is 259 Å². The van der Waals surface area contributed by atoms with E-state index in [9.17, 15) is 13.8 Å². The Morgan fingerprint density at radius 1 is 1.18 bits per heavy atom. The van der Waals surface area contributed by atoms with Gasteiger partial charge in [-0.25, -0.2) is 14.0 Å². The van der Waals surface area contributed by atoms with Gasteiger partial charge in [0.05, 0.1) is 20.3 Å². The summed E-state index contributed by atoms with van der Waals surface area (Å²) < 4.78 is 28.4. The fourth-order valence-electron chi connectivity index (χ4n) is 5.58. The molecule has 1 aromatic carbocycles. The average Bonchev–Trinajstić information content (AvgIpc) is 3.83. The van der Waals surface area contributed by atoms with Crippen molar-refractivity contribution in [2.24, 2.45) is 0 Å². The zero-order valence-electron chi connectivity index (χ0n) is 25.7. The van der Waals surface area contributed by atoms with Crippen LogP contribution < -0.4 is 10.1 Å². The molecule has 0 bridgehead atoms. The van der Waals surface area contributed by atoms with E-state index >= 15 is 0 Å². The highest BCUT2D eigenvalue weighted by atomic mass is 32.2. The van der Waals surface area contributed by atoms with Crippen LogP contribution in [0.4, 0.5) is 5.82 Å². The lowest BCUT2D eigenvalue weighted by atomic mass is 10.1. The molecule has 3 atom stereocenters. The minimum atomic E-state index is -3.29. The van der Waals surface area contributed by atoms with Crippen molar-refractivity contribution in [1.82, 2.24) is 19.8 Å². The SMILES string of the molecule is C=CC(=O)N1CCN(C[C@@H](Oc2cc(C)c(C(=O)Nc3ncccc3C)cc2S(C)(=N)=O)c2ccc(C3CC3)cn2)C[C@H]1C. The molecule has 232 valence electrons. The first kappa shape index (κ1) is 31.3. The fourth-order valence-corrected chi connectivity index (χ4v) is 6.42. The molecule has 2 fully saturated rings. The summed E-state index contributed by atoms with van der Waals surface area (Å²) in [5, 5.41) is 2.83. The van der Waals surface area contributed by atoms with Gasteiger partial charge in [0.15, 0.2) is 6.10 Å². The Morgan fingerprint density at radius 2 is 1.95 bits per heavy atom. The van der Waals surface area contributed by atoms with Gasteiger partial charge < -0.3 is 15.0 Å². The van der Waals surface area contributed by atoms with Gasteiger partial charge in [0.2, 0.25) is 5.91 Å². The highest BCUT2D eigenvalue weighted by molar-refractivity contribution is 7.91. The van der Waals surface area contributed by atoms with Crippen LogP contribution in [-0.2, 0) is 14.5 Å². The third-order valence-corrected chi connectivity index (χ3v) is 9.41. The first-order valence-corrected chi connectivity index (χ1v) is 16.8. The molecule has 44 heavy (non-hydrogen) atoms. The van der Waals surface area contributed by atoms with Crippen molar-refractivity contribution in [2.45, 2.75) is 56.6 Å². The third-order valence-electron chi connectivity index (χ3n) is 8.25. The van der Waals surface area contributed by atoms with Crippen LogP contribution in [0.1, 0.15) is 64.5 Å². The van der Waals surface area contributed by atoms with Gasteiger partial charge in [-0.3, -0.25) is 19.5 Å². The number of benzene rings is 1. The van der Waals surface area contributed by atoms with Gasteiger partial charge in [0, 0.05) is 56.4 Å². The van der Waals surface area contributed by atoms with E-state index < -0.39 is 21.7 Å². The summed E-state index contributed by atoms with van der Waals surface area (Å²) in [5.41, 5.74) is 3.63.